The number of anilines is 1. The minimum atomic E-state index is -0.328. The van der Waals surface area contributed by atoms with Crippen molar-refractivity contribution in [3.63, 3.8) is 0 Å². The van der Waals surface area contributed by atoms with Gasteiger partial charge in [0.05, 0.1) is 11.3 Å². The van der Waals surface area contributed by atoms with Crippen LogP contribution in [0.5, 0.6) is 0 Å². The molecule has 0 unspecified atom stereocenters. The van der Waals surface area contributed by atoms with Gasteiger partial charge in [0, 0.05) is 25.0 Å². The van der Waals surface area contributed by atoms with Crippen LogP contribution in [0.4, 0.5) is 5.69 Å². The molecule has 0 aliphatic carbocycles. The number of rotatable bonds is 4. The van der Waals surface area contributed by atoms with Crippen molar-refractivity contribution in [1.82, 2.24) is 10.4 Å². The third-order valence-electron chi connectivity index (χ3n) is 2.85. The van der Waals surface area contributed by atoms with Gasteiger partial charge in [0.1, 0.15) is 0 Å². The van der Waals surface area contributed by atoms with E-state index >= 15 is 0 Å². The molecule has 2 rings (SSSR count). The molecule has 0 spiro atoms. The van der Waals surface area contributed by atoms with E-state index in [4.69, 9.17) is 0 Å². The molecule has 2 amide bonds. The van der Waals surface area contributed by atoms with Gasteiger partial charge in [-0.3, -0.25) is 14.6 Å². The van der Waals surface area contributed by atoms with Crippen LogP contribution in [0.1, 0.15) is 29.8 Å². The number of aromatic nitrogens is 1. The first-order valence-corrected chi connectivity index (χ1v) is 6.69. The molecule has 0 saturated carbocycles. The van der Waals surface area contributed by atoms with E-state index in [1.54, 1.807) is 37.4 Å². The maximum atomic E-state index is 11.9. The number of pyridine rings is 1. The topological polar surface area (TPSA) is 83.5 Å². The second-order valence-corrected chi connectivity index (χ2v) is 4.64. The predicted octanol–water partition coefficient (Wildman–Crippen LogP) is 2.19. The smallest absolute Gasteiger partial charge is 0.272 e. The van der Waals surface area contributed by atoms with E-state index < -0.39 is 0 Å². The fourth-order valence-corrected chi connectivity index (χ4v) is 1.79. The van der Waals surface area contributed by atoms with Gasteiger partial charge in [-0.2, -0.15) is 5.10 Å². The van der Waals surface area contributed by atoms with E-state index in [-0.39, 0.29) is 11.8 Å². The van der Waals surface area contributed by atoms with Crippen molar-refractivity contribution in [2.45, 2.75) is 13.8 Å². The Morgan fingerprint density at radius 2 is 1.86 bits per heavy atom. The third-order valence-corrected chi connectivity index (χ3v) is 2.85. The Kier molecular flexibility index (Phi) is 4.98. The highest BCUT2D eigenvalue weighted by Gasteiger charge is 2.05. The molecule has 112 valence electrons. The molecule has 6 nitrogen and oxygen atoms in total. The van der Waals surface area contributed by atoms with Crippen molar-refractivity contribution in [3.8, 4) is 0 Å². The summed E-state index contributed by atoms with van der Waals surface area (Å²) >= 11 is 0. The highest BCUT2D eigenvalue weighted by Crippen LogP contribution is 2.11. The van der Waals surface area contributed by atoms with Crippen LogP contribution in [-0.4, -0.2) is 22.5 Å². The van der Waals surface area contributed by atoms with E-state index in [2.05, 4.69) is 20.8 Å². The highest BCUT2D eigenvalue weighted by atomic mass is 16.2. The molecule has 1 aromatic heterocycles. The summed E-state index contributed by atoms with van der Waals surface area (Å²) in [4.78, 5) is 26.8. The predicted molar refractivity (Wildman–Crippen MR) is 84.7 cm³/mol. The molecule has 0 radical (unpaired) electrons. The maximum absolute atomic E-state index is 11.9. The molecular formula is C16H16N4O2. The van der Waals surface area contributed by atoms with Crippen LogP contribution in [-0.2, 0) is 4.79 Å². The molecule has 2 N–H and O–H groups in total. The largest absolute Gasteiger partial charge is 0.326 e. The quantitative estimate of drug-likeness (QED) is 0.670. The Balaban J connectivity index is 2.09. The zero-order valence-corrected chi connectivity index (χ0v) is 12.3. The number of carbonyl (C=O) groups is 2. The zero-order valence-electron chi connectivity index (χ0n) is 12.3. The normalized spacial score (nSPS) is 10.9. The van der Waals surface area contributed by atoms with Crippen LogP contribution in [0.15, 0.2) is 53.9 Å². The van der Waals surface area contributed by atoms with Crippen molar-refractivity contribution < 1.29 is 9.59 Å². The van der Waals surface area contributed by atoms with E-state index in [0.29, 0.717) is 17.0 Å². The second-order valence-electron chi connectivity index (χ2n) is 4.64. The SMILES string of the molecule is CC(=O)Nc1cccc(C(C)=NNC(=O)c2cccnc2)c1. The lowest BCUT2D eigenvalue weighted by molar-refractivity contribution is -0.114. The van der Waals surface area contributed by atoms with Crippen LogP contribution in [0.3, 0.4) is 0 Å². The highest BCUT2D eigenvalue weighted by molar-refractivity contribution is 6.02. The molecule has 0 aliphatic heterocycles. The first kappa shape index (κ1) is 15.4. The van der Waals surface area contributed by atoms with E-state index in [1.807, 2.05) is 12.1 Å². The summed E-state index contributed by atoms with van der Waals surface area (Å²) < 4.78 is 0. The fraction of sp³-hybridized carbons (Fsp3) is 0.125. The van der Waals surface area contributed by atoms with Crippen molar-refractivity contribution in [1.29, 1.82) is 0 Å². The number of carbonyl (C=O) groups excluding carboxylic acids is 2. The molecule has 1 heterocycles. The number of nitrogens with one attached hydrogen (secondary N) is 2. The van der Waals surface area contributed by atoms with Gasteiger partial charge in [-0.15, -0.1) is 0 Å². The number of amides is 2. The summed E-state index contributed by atoms with van der Waals surface area (Å²) in [5, 5.41) is 6.77. The first-order chi connectivity index (χ1) is 10.6. The number of nitrogens with zero attached hydrogens (tertiary/aromatic N) is 2. The van der Waals surface area contributed by atoms with Gasteiger partial charge in [-0.05, 0) is 36.8 Å². The lowest BCUT2D eigenvalue weighted by Gasteiger charge is -2.06. The molecule has 0 atom stereocenters. The zero-order chi connectivity index (χ0) is 15.9. The summed E-state index contributed by atoms with van der Waals surface area (Å²) in [5.74, 6) is -0.470. The molecule has 0 saturated heterocycles. The number of hydrazone groups is 1. The Morgan fingerprint density at radius 1 is 1.09 bits per heavy atom. The molecular weight excluding hydrogens is 280 g/mol. The van der Waals surface area contributed by atoms with E-state index in [0.717, 1.165) is 5.56 Å². The first-order valence-electron chi connectivity index (χ1n) is 6.69. The summed E-state index contributed by atoms with van der Waals surface area (Å²) in [7, 11) is 0. The molecule has 6 heteroatoms. The van der Waals surface area contributed by atoms with Crippen LogP contribution in [0.2, 0.25) is 0 Å². The minimum Gasteiger partial charge on any atom is -0.326 e. The Labute approximate surface area is 128 Å². The molecule has 1 aromatic carbocycles. The summed E-state index contributed by atoms with van der Waals surface area (Å²) in [6, 6.07) is 10.6. The monoisotopic (exact) mass is 296 g/mol. The van der Waals surface area contributed by atoms with Crippen molar-refractivity contribution >= 4 is 23.2 Å². The number of hydrogen-bond donors (Lipinski definition) is 2. The van der Waals surface area contributed by atoms with Gasteiger partial charge in [0.2, 0.25) is 5.91 Å². The average Bonchev–Trinajstić information content (AvgIpc) is 2.52. The van der Waals surface area contributed by atoms with E-state index in [1.165, 1.54) is 13.1 Å². The summed E-state index contributed by atoms with van der Waals surface area (Å²) in [6.45, 7) is 3.22. The second kappa shape index (κ2) is 7.12. The van der Waals surface area contributed by atoms with Crippen LogP contribution >= 0.6 is 0 Å². The Hall–Kier alpha value is -3.02. The number of benzene rings is 1. The average molecular weight is 296 g/mol. The van der Waals surface area contributed by atoms with Crippen LogP contribution in [0, 0.1) is 0 Å². The lowest BCUT2D eigenvalue weighted by Crippen LogP contribution is -2.19. The van der Waals surface area contributed by atoms with Gasteiger partial charge < -0.3 is 5.32 Å². The van der Waals surface area contributed by atoms with Crippen molar-refractivity contribution in [3.05, 3.63) is 59.9 Å². The third kappa shape index (κ3) is 4.24. The maximum Gasteiger partial charge on any atom is 0.272 e. The Bertz CT molecular complexity index is 711. The van der Waals surface area contributed by atoms with Crippen LogP contribution in [0.25, 0.3) is 0 Å². The van der Waals surface area contributed by atoms with Gasteiger partial charge in [-0.25, -0.2) is 5.43 Å². The van der Waals surface area contributed by atoms with E-state index in [9.17, 15) is 9.59 Å². The van der Waals surface area contributed by atoms with Crippen molar-refractivity contribution in [2.75, 3.05) is 5.32 Å². The molecule has 0 aliphatic rings. The molecule has 0 fully saturated rings. The van der Waals surface area contributed by atoms with Gasteiger partial charge >= 0.3 is 0 Å². The van der Waals surface area contributed by atoms with Crippen molar-refractivity contribution in [2.24, 2.45) is 5.10 Å². The molecule has 22 heavy (non-hydrogen) atoms. The minimum absolute atomic E-state index is 0.142. The fourth-order valence-electron chi connectivity index (χ4n) is 1.79. The van der Waals surface area contributed by atoms with Gasteiger partial charge in [-0.1, -0.05) is 12.1 Å². The Morgan fingerprint density at radius 3 is 2.55 bits per heavy atom. The van der Waals surface area contributed by atoms with Gasteiger partial charge in [0.15, 0.2) is 0 Å². The summed E-state index contributed by atoms with van der Waals surface area (Å²) in [5.41, 5.74) is 5.03. The number of hydrogen-bond acceptors (Lipinski definition) is 4. The summed E-state index contributed by atoms with van der Waals surface area (Å²) in [6.07, 6.45) is 3.07. The molecule has 2 aromatic rings. The lowest BCUT2D eigenvalue weighted by atomic mass is 10.1. The molecule has 0 bridgehead atoms. The standard InChI is InChI=1S/C16H16N4O2/c1-11(13-5-3-7-15(9-13)18-12(2)21)19-20-16(22)14-6-4-8-17-10-14/h3-10H,1-2H3,(H,18,21)(H,20,22). The van der Waals surface area contributed by atoms with Gasteiger partial charge in [0.25, 0.3) is 5.91 Å². The van der Waals surface area contributed by atoms with Crippen LogP contribution < -0.4 is 10.7 Å².